The van der Waals surface area contributed by atoms with Gasteiger partial charge in [-0.3, -0.25) is 0 Å². The van der Waals surface area contributed by atoms with Crippen molar-refractivity contribution in [1.29, 1.82) is 0 Å². The highest BCUT2D eigenvalue weighted by molar-refractivity contribution is 14.1. The summed E-state index contributed by atoms with van der Waals surface area (Å²) in [5.41, 5.74) is 0. The molecule has 0 saturated heterocycles. The van der Waals surface area contributed by atoms with Gasteiger partial charge in [0.05, 0.1) is 0 Å². The summed E-state index contributed by atoms with van der Waals surface area (Å²) in [5.74, 6) is 6.83. The van der Waals surface area contributed by atoms with Crippen LogP contribution in [0, 0.1) is 11.8 Å². The first kappa shape index (κ1) is 8.92. The predicted molar refractivity (Wildman–Crippen MR) is 54.5 cm³/mol. The van der Waals surface area contributed by atoms with Crippen LogP contribution in [0.2, 0.25) is 0 Å². The molecule has 1 rings (SSSR count). The largest absolute Gasteiger partial charge is 0.485 e. The number of allylic oxidation sites excluding steroid dienone is 2. The minimum absolute atomic E-state index is 0.625. The molecule has 0 amide bonds. The Hall–Kier alpha value is -0.170. The molecule has 11 heavy (non-hydrogen) atoms. The van der Waals surface area contributed by atoms with Gasteiger partial charge in [-0.05, 0) is 18.4 Å². The lowest BCUT2D eigenvalue weighted by molar-refractivity contribution is 0.218. The molecule has 0 spiro atoms. The van der Waals surface area contributed by atoms with E-state index in [1.165, 1.54) is 0 Å². The van der Waals surface area contributed by atoms with E-state index in [1.54, 1.807) is 0 Å². The van der Waals surface area contributed by atoms with Crippen molar-refractivity contribution in [1.82, 2.24) is 0 Å². The SMILES string of the molecule is CCC#CC1=CCC(I)CO1. The Balaban J connectivity index is 2.48. The number of alkyl halides is 1. The van der Waals surface area contributed by atoms with Gasteiger partial charge in [0.15, 0.2) is 5.76 Å². The van der Waals surface area contributed by atoms with E-state index in [0.717, 1.165) is 25.2 Å². The van der Waals surface area contributed by atoms with Crippen molar-refractivity contribution in [2.75, 3.05) is 6.61 Å². The normalized spacial score (nSPS) is 22.7. The molecule has 2 heteroatoms. The van der Waals surface area contributed by atoms with Crippen LogP contribution in [0.25, 0.3) is 0 Å². The highest BCUT2D eigenvalue weighted by Gasteiger charge is 2.09. The van der Waals surface area contributed by atoms with Crippen LogP contribution in [0.15, 0.2) is 11.8 Å². The summed E-state index contributed by atoms with van der Waals surface area (Å²) in [6.45, 7) is 2.85. The second kappa shape index (κ2) is 4.66. The molecule has 1 heterocycles. The molecule has 0 fully saturated rings. The molecular weight excluding hydrogens is 251 g/mol. The van der Waals surface area contributed by atoms with Crippen LogP contribution in [0.4, 0.5) is 0 Å². The lowest BCUT2D eigenvalue weighted by Gasteiger charge is -2.14. The fraction of sp³-hybridized carbons (Fsp3) is 0.556. The van der Waals surface area contributed by atoms with E-state index >= 15 is 0 Å². The number of halogens is 1. The summed E-state index contributed by atoms with van der Waals surface area (Å²) >= 11 is 2.39. The highest BCUT2D eigenvalue weighted by atomic mass is 127. The van der Waals surface area contributed by atoms with Gasteiger partial charge in [0.1, 0.15) is 6.61 Å². The van der Waals surface area contributed by atoms with E-state index in [0.29, 0.717) is 3.92 Å². The lowest BCUT2D eigenvalue weighted by Crippen LogP contribution is -2.11. The van der Waals surface area contributed by atoms with E-state index in [1.807, 2.05) is 6.92 Å². The van der Waals surface area contributed by atoms with Gasteiger partial charge in [0.2, 0.25) is 0 Å². The Morgan fingerprint density at radius 2 is 2.64 bits per heavy atom. The van der Waals surface area contributed by atoms with E-state index in [9.17, 15) is 0 Å². The Bertz CT molecular complexity index is 209. The zero-order chi connectivity index (χ0) is 8.10. The maximum atomic E-state index is 5.37. The van der Waals surface area contributed by atoms with Gasteiger partial charge in [-0.2, -0.15) is 0 Å². The first-order valence-corrected chi connectivity index (χ1v) is 5.03. The number of rotatable bonds is 0. The van der Waals surface area contributed by atoms with E-state index in [-0.39, 0.29) is 0 Å². The second-order valence-electron chi connectivity index (χ2n) is 2.37. The summed E-state index contributed by atoms with van der Waals surface area (Å²) in [6.07, 6.45) is 4.06. The third-order valence-electron chi connectivity index (χ3n) is 1.37. The van der Waals surface area contributed by atoms with Gasteiger partial charge >= 0.3 is 0 Å². The molecule has 60 valence electrons. The summed E-state index contributed by atoms with van der Waals surface area (Å²) in [6, 6.07) is 0. The second-order valence-corrected chi connectivity index (χ2v) is 4.13. The summed E-state index contributed by atoms with van der Waals surface area (Å²) in [7, 11) is 0. The van der Waals surface area contributed by atoms with Crippen molar-refractivity contribution in [3.05, 3.63) is 11.8 Å². The van der Waals surface area contributed by atoms with Gasteiger partial charge in [-0.15, -0.1) is 0 Å². The fourth-order valence-corrected chi connectivity index (χ4v) is 1.24. The molecule has 0 bridgehead atoms. The molecule has 1 aliphatic heterocycles. The van der Waals surface area contributed by atoms with Crippen LogP contribution in [0.3, 0.4) is 0 Å². The molecule has 1 unspecified atom stereocenters. The monoisotopic (exact) mass is 262 g/mol. The van der Waals surface area contributed by atoms with Crippen molar-refractivity contribution < 1.29 is 4.74 Å². The molecule has 0 aliphatic carbocycles. The zero-order valence-electron chi connectivity index (χ0n) is 6.56. The minimum atomic E-state index is 0.625. The Labute approximate surface area is 81.3 Å². The van der Waals surface area contributed by atoms with Gasteiger partial charge in [-0.1, -0.05) is 35.4 Å². The number of hydrogen-bond donors (Lipinski definition) is 0. The number of ether oxygens (including phenoxy) is 1. The molecular formula is C9H11IO. The summed E-state index contributed by atoms with van der Waals surface area (Å²) < 4.78 is 6.00. The average Bonchev–Trinajstić information content (AvgIpc) is 2.04. The van der Waals surface area contributed by atoms with E-state index in [4.69, 9.17) is 4.74 Å². The summed E-state index contributed by atoms with van der Waals surface area (Å²) in [4.78, 5) is 0. The van der Waals surface area contributed by atoms with Gasteiger partial charge in [0.25, 0.3) is 0 Å². The molecule has 0 aromatic rings. The van der Waals surface area contributed by atoms with Gasteiger partial charge in [0, 0.05) is 10.3 Å². The first-order valence-electron chi connectivity index (χ1n) is 3.79. The van der Waals surface area contributed by atoms with Crippen LogP contribution >= 0.6 is 22.6 Å². The Morgan fingerprint density at radius 3 is 3.18 bits per heavy atom. The third kappa shape index (κ3) is 3.15. The molecule has 0 saturated carbocycles. The third-order valence-corrected chi connectivity index (χ3v) is 2.24. The zero-order valence-corrected chi connectivity index (χ0v) is 8.72. The van der Waals surface area contributed by atoms with Crippen LogP contribution in [-0.2, 0) is 4.74 Å². The highest BCUT2D eigenvalue weighted by Crippen LogP contribution is 2.16. The van der Waals surface area contributed by atoms with Gasteiger partial charge in [-0.25, -0.2) is 0 Å². The van der Waals surface area contributed by atoms with Crippen LogP contribution in [-0.4, -0.2) is 10.5 Å². The quantitative estimate of drug-likeness (QED) is 0.370. The minimum Gasteiger partial charge on any atom is -0.485 e. The van der Waals surface area contributed by atoms with Crippen LogP contribution in [0.5, 0.6) is 0 Å². The topological polar surface area (TPSA) is 9.23 Å². The molecule has 1 atom stereocenters. The van der Waals surface area contributed by atoms with Crippen LogP contribution in [0.1, 0.15) is 19.8 Å². The van der Waals surface area contributed by atoms with E-state index < -0.39 is 0 Å². The van der Waals surface area contributed by atoms with Crippen molar-refractivity contribution in [2.24, 2.45) is 0 Å². The molecule has 0 radical (unpaired) electrons. The molecule has 0 aromatic carbocycles. The van der Waals surface area contributed by atoms with Gasteiger partial charge < -0.3 is 4.74 Å². The Kier molecular flexibility index (Phi) is 3.78. The predicted octanol–water partition coefficient (Wildman–Crippen LogP) is 2.51. The molecule has 1 aliphatic rings. The van der Waals surface area contributed by atoms with Crippen molar-refractivity contribution in [3.63, 3.8) is 0 Å². The Morgan fingerprint density at radius 1 is 1.82 bits per heavy atom. The number of hydrogen-bond acceptors (Lipinski definition) is 1. The van der Waals surface area contributed by atoms with E-state index in [2.05, 4.69) is 40.5 Å². The smallest absolute Gasteiger partial charge is 0.166 e. The lowest BCUT2D eigenvalue weighted by atomic mass is 10.2. The van der Waals surface area contributed by atoms with Crippen LogP contribution < -0.4 is 0 Å². The molecule has 1 nitrogen and oxygen atoms in total. The van der Waals surface area contributed by atoms with Crippen molar-refractivity contribution in [3.8, 4) is 11.8 Å². The fourth-order valence-electron chi connectivity index (χ4n) is 0.805. The average molecular weight is 262 g/mol. The van der Waals surface area contributed by atoms with Crippen molar-refractivity contribution in [2.45, 2.75) is 23.7 Å². The molecule has 0 aromatic heterocycles. The maximum absolute atomic E-state index is 5.37. The molecule has 0 N–H and O–H groups in total. The standard InChI is InChI=1S/C9H11IO/c1-2-3-4-9-6-5-8(10)7-11-9/h6,8H,2,5,7H2,1H3. The first-order chi connectivity index (χ1) is 5.33. The summed E-state index contributed by atoms with van der Waals surface area (Å²) in [5, 5.41) is 0. The van der Waals surface area contributed by atoms with Crippen molar-refractivity contribution >= 4 is 22.6 Å². The maximum Gasteiger partial charge on any atom is 0.166 e.